The number of sulfonamides is 1. The maximum atomic E-state index is 14.6. The summed E-state index contributed by atoms with van der Waals surface area (Å²) >= 11 is 0. The first-order valence-corrected chi connectivity index (χ1v) is 16.0. The molecule has 1 amide bonds. The van der Waals surface area contributed by atoms with Crippen LogP contribution in [0.1, 0.15) is 31.7 Å². The molecule has 0 spiro atoms. The third-order valence-electron chi connectivity index (χ3n) is 7.26. The Kier molecular flexibility index (Phi) is 7.93. The molecule has 0 saturated heterocycles. The van der Waals surface area contributed by atoms with Gasteiger partial charge >= 0.3 is 0 Å². The number of unbranched alkanes of at least 4 members (excludes halogenated alkanes) is 1. The van der Waals surface area contributed by atoms with Crippen LogP contribution in [0, 0.1) is 5.82 Å². The zero-order chi connectivity index (χ0) is 30.8. The molecule has 0 aliphatic rings. The van der Waals surface area contributed by atoms with Gasteiger partial charge in [-0.2, -0.15) is 5.10 Å². The molecule has 0 unspecified atom stereocenters. The van der Waals surface area contributed by atoms with Crippen molar-refractivity contribution in [3.8, 4) is 33.6 Å². The smallest absolute Gasteiger partial charge is 0.224 e. The lowest BCUT2D eigenvalue weighted by Gasteiger charge is -2.08. The van der Waals surface area contributed by atoms with Gasteiger partial charge in [0.05, 0.1) is 23.8 Å². The molecule has 44 heavy (non-hydrogen) atoms. The standard InChI is InChI=1S/C32H30FN7O3S/c1-3-4-8-30(41)37-24-12-21(16-34-18-24)22-13-27-31(39-40-32(27)35-17-22)29-14-26-25(6-5-7-28(26)38-29)20-9-19(10-23(33)11-20)15-36-44(2,42)43/h5-7,9-14,16-18,36,38H,3-4,8,15H2,1-2H3,(H,37,41)(H,35,39,40). The fourth-order valence-corrected chi connectivity index (χ4v) is 5.58. The molecule has 4 N–H and O–H groups in total. The van der Waals surface area contributed by atoms with E-state index in [0.717, 1.165) is 57.8 Å². The number of aromatic amines is 2. The monoisotopic (exact) mass is 611 g/mol. The molecule has 0 bridgehead atoms. The Bertz CT molecular complexity index is 2120. The molecule has 12 heteroatoms. The first kappa shape index (κ1) is 29.1. The fraction of sp³-hybridized carbons (Fsp3) is 0.188. The van der Waals surface area contributed by atoms with Crippen molar-refractivity contribution >= 4 is 43.6 Å². The van der Waals surface area contributed by atoms with Crippen LogP contribution in [0.2, 0.25) is 0 Å². The van der Waals surface area contributed by atoms with Crippen molar-refractivity contribution in [3.63, 3.8) is 0 Å². The summed E-state index contributed by atoms with van der Waals surface area (Å²) in [5.41, 5.74) is 6.97. The quantitative estimate of drug-likeness (QED) is 0.146. The number of rotatable bonds is 10. The van der Waals surface area contributed by atoms with Crippen molar-refractivity contribution in [2.24, 2.45) is 0 Å². The number of carbonyl (C=O) groups excluding carboxylic acids is 1. The molecule has 2 aromatic carbocycles. The van der Waals surface area contributed by atoms with E-state index in [4.69, 9.17) is 0 Å². The number of hydrogen-bond donors (Lipinski definition) is 4. The molecule has 10 nitrogen and oxygen atoms in total. The second-order valence-electron chi connectivity index (χ2n) is 10.7. The van der Waals surface area contributed by atoms with Gasteiger partial charge in [-0.15, -0.1) is 0 Å². The summed E-state index contributed by atoms with van der Waals surface area (Å²) < 4.78 is 40.2. The molecular weight excluding hydrogens is 581 g/mol. The van der Waals surface area contributed by atoms with Crippen molar-refractivity contribution in [1.82, 2.24) is 29.9 Å². The van der Waals surface area contributed by atoms with Crippen molar-refractivity contribution < 1.29 is 17.6 Å². The molecule has 0 saturated carbocycles. The van der Waals surface area contributed by atoms with Crippen LogP contribution < -0.4 is 10.0 Å². The van der Waals surface area contributed by atoms with Gasteiger partial charge in [0.1, 0.15) is 11.5 Å². The molecule has 0 aliphatic heterocycles. The van der Waals surface area contributed by atoms with Gasteiger partial charge in [0.15, 0.2) is 5.65 Å². The number of amides is 1. The summed E-state index contributed by atoms with van der Waals surface area (Å²) in [6.45, 7) is 2.03. The minimum absolute atomic E-state index is 0.0177. The Balaban J connectivity index is 1.35. The number of hydrogen-bond acceptors (Lipinski definition) is 6. The zero-order valence-electron chi connectivity index (χ0n) is 24.1. The van der Waals surface area contributed by atoms with Crippen LogP contribution in [0.25, 0.3) is 55.6 Å². The van der Waals surface area contributed by atoms with E-state index in [0.29, 0.717) is 34.6 Å². The highest BCUT2D eigenvalue weighted by Crippen LogP contribution is 2.35. The van der Waals surface area contributed by atoms with E-state index in [-0.39, 0.29) is 12.5 Å². The molecule has 4 heterocycles. The van der Waals surface area contributed by atoms with Crippen LogP contribution >= 0.6 is 0 Å². The topological polar surface area (TPSA) is 146 Å². The summed E-state index contributed by atoms with van der Waals surface area (Å²) in [5, 5.41) is 12.1. The molecule has 0 atom stereocenters. The highest BCUT2D eigenvalue weighted by molar-refractivity contribution is 7.88. The highest BCUT2D eigenvalue weighted by atomic mass is 32.2. The Labute approximate surface area is 253 Å². The van der Waals surface area contributed by atoms with Crippen molar-refractivity contribution in [2.75, 3.05) is 11.6 Å². The number of nitrogens with zero attached hydrogens (tertiary/aromatic N) is 3. The number of H-pyrrole nitrogens is 2. The van der Waals surface area contributed by atoms with Crippen molar-refractivity contribution in [3.05, 3.63) is 84.6 Å². The van der Waals surface area contributed by atoms with Gasteiger partial charge in [-0.05, 0) is 65.6 Å². The fourth-order valence-electron chi connectivity index (χ4n) is 5.15. The Morgan fingerprint density at radius 3 is 2.64 bits per heavy atom. The predicted octanol–water partition coefficient (Wildman–Crippen LogP) is 6.15. The predicted molar refractivity (Wildman–Crippen MR) is 170 cm³/mol. The molecule has 6 aromatic rings. The van der Waals surface area contributed by atoms with Crippen molar-refractivity contribution in [2.45, 2.75) is 32.7 Å². The molecule has 224 valence electrons. The second kappa shape index (κ2) is 12.0. The first-order valence-electron chi connectivity index (χ1n) is 14.1. The number of anilines is 1. The molecule has 0 aliphatic carbocycles. The number of aromatic nitrogens is 5. The summed E-state index contributed by atoms with van der Waals surface area (Å²) in [6.07, 6.45) is 8.36. The highest BCUT2D eigenvalue weighted by Gasteiger charge is 2.16. The van der Waals surface area contributed by atoms with Crippen LogP contribution in [-0.4, -0.2) is 45.7 Å². The minimum atomic E-state index is -3.43. The van der Waals surface area contributed by atoms with E-state index in [1.54, 1.807) is 24.7 Å². The molecule has 0 radical (unpaired) electrons. The number of benzene rings is 2. The van der Waals surface area contributed by atoms with Gasteiger partial charge in [0.2, 0.25) is 15.9 Å². The van der Waals surface area contributed by atoms with E-state index in [1.807, 2.05) is 43.3 Å². The van der Waals surface area contributed by atoms with Crippen LogP contribution in [0.4, 0.5) is 10.1 Å². The lowest BCUT2D eigenvalue weighted by molar-refractivity contribution is -0.116. The van der Waals surface area contributed by atoms with Gasteiger partial charge in [0.25, 0.3) is 0 Å². The van der Waals surface area contributed by atoms with E-state index in [9.17, 15) is 17.6 Å². The van der Waals surface area contributed by atoms with E-state index in [1.165, 1.54) is 12.1 Å². The van der Waals surface area contributed by atoms with E-state index < -0.39 is 15.8 Å². The number of carbonyl (C=O) groups is 1. The van der Waals surface area contributed by atoms with Gasteiger partial charge in [-0.25, -0.2) is 22.5 Å². The lowest BCUT2D eigenvalue weighted by atomic mass is 9.99. The maximum absolute atomic E-state index is 14.6. The SMILES string of the molecule is CCCCC(=O)Nc1cncc(-c2cnc3[nH]nc(-c4cc5c(-c6cc(F)cc(CNS(C)(=O)=O)c6)cccc5[nH]4)c3c2)c1. The Hall–Kier alpha value is -4.94. The Morgan fingerprint density at radius 2 is 1.82 bits per heavy atom. The Morgan fingerprint density at radius 1 is 0.977 bits per heavy atom. The summed E-state index contributed by atoms with van der Waals surface area (Å²) in [7, 11) is -3.43. The van der Waals surface area contributed by atoms with E-state index >= 15 is 0 Å². The first-order chi connectivity index (χ1) is 21.2. The third kappa shape index (κ3) is 6.36. The summed E-state index contributed by atoms with van der Waals surface area (Å²) in [5.74, 6) is -0.508. The van der Waals surface area contributed by atoms with Crippen molar-refractivity contribution in [1.29, 1.82) is 0 Å². The lowest BCUT2D eigenvalue weighted by Crippen LogP contribution is -2.21. The minimum Gasteiger partial charge on any atom is -0.353 e. The normalized spacial score (nSPS) is 11.8. The molecule has 6 rings (SSSR count). The maximum Gasteiger partial charge on any atom is 0.224 e. The third-order valence-corrected chi connectivity index (χ3v) is 7.92. The molecule has 4 aromatic heterocycles. The average molecular weight is 612 g/mol. The summed E-state index contributed by atoms with van der Waals surface area (Å²) in [6, 6.07) is 16.0. The van der Waals surface area contributed by atoms with Gasteiger partial charge in [0, 0.05) is 52.8 Å². The van der Waals surface area contributed by atoms with Crippen LogP contribution in [0.5, 0.6) is 0 Å². The van der Waals surface area contributed by atoms with Gasteiger partial charge in [-0.1, -0.05) is 25.5 Å². The second-order valence-corrected chi connectivity index (χ2v) is 12.5. The van der Waals surface area contributed by atoms with Crippen LogP contribution in [0.15, 0.2) is 73.2 Å². The summed E-state index contributed by atoms with van der Waals surface area (Å²) in [4.78, 5) is 24.5. The zero-order valence-corrected chi connectivity index (χ0v) is 24.9. The number of nitrogens with one attached hydrogen (secondary N) is 4. The number of halogens is 1. The number of fused-ring (bicyclic) bond motifs is 2. The van der Waals surface area contributed by atoms with Gasteiger partial charge < -0.3 is 10.3 Å². The average Bonchev–Trinajstić information content (AvgIpc) is 3.62. The molecule has 0 fully saturated rings. The van der Waals surface area contributed by atoms with E-state index in [2.05, 4.69) is 35.2 Å². The van der Waals surface area contributed by atoms with Crippen LogP contribution in [0.3, 0.4) is 0 Å². The largest absolute Gasteiger partial charge is 0.353 e. The molecular formula is C32H30FN7O3S. The number of pyridine rings is 2. The van der Waals surface area contributed by atoms with Gasteiger partial charge in [-0.3, -0.25) is 14.9 Å². The van der Waals surface area contributed by atoms with Crippen LogP contribution in [-0.2, 0) is 21.4 Å².